The minimum absolute atomic E-state index is 0.119. The summed E-state index contributed by atoms with van der Waals surface area (Å²) in [7, 11) is 0. The Hall–Kier alpha value is -0.570. The number of carbonyl (C=O) groups excluding carboxylic acids is 1. The lowest BCUT2D eigenvalue weighted by Gasteiger charge is -2.20. The van der Waals surface area contributed by atoms with Gasteiger partial charge in [0.1, 0.15) is 6.61 Å². The molecule has 1 radical (unpaired) electrons. The molecule has 0 aromatic carbocycles. The van der Waals surface area contributed by atoms with Gasteiger partial charge in [0.05, 0.1) is 6.04 Å². The first-order valence-electron chi connectivity index (χ1n) is 3.97. The minimum Gasteiger partial charge on any atom is -0.351 e. The van der Waals surface area contributed by atoms with Crippen LogP contribution in [-0.2, 0) is 9.90 Å². The lowest BCUT2D eigenvalue weighted by molar-refractivity contribution is -0.120. The summed E-state index contributed by atoms with van der Waals surface area (Å²) >= 11 is 0. The second kappa shape index (κ2) is 5.13. The molecule has 65 valence electrons. The van der Waals surface area contributed by atoms with Gasteiger partial charge >= 0.3 is 0 Å². The van der Waals surface area contributed by atoms with Gasteiger partial charge in [0.25, 0.3) is 0 Å². The SMILES string of the molecule is CCC(C)C(C[O])NC(C)=O. The monoisotopic (exact) mass is 158 g/mol. The van der Waals surface area contributed by atoms with E-state index in [1.165, 1.54) is 6.92 Å². The highest BCUT2D eigenvalue weighted by atomic mass is 16.3. The Labute approximate surface area is 67.8 Å². The van der Waals surface area contributed by atoms with Gasteiger partial charge in [0.15, 0.2) is 0 Å². The van der Waals surface area contributed by atoms with Crippen LogP contribution in [0.2, 0.25) is 0 Å². The number of hydrogen-bond acceptors (Lipinski definition) is 1. The van der Waals surface area contributed by atoms with Crippen LogP contribution in [0.15, 0.2) is 0 Å². The maximum Gasteiger partial charge on any atom is 0.217 e. The second-order valence-corrected chi connectivity index (χ2v) is 2.86. The van der Waals surface area contributed by atoms with Crippen LogP contribution in [0.1, 0.15) is 27.2 Å². The summed E-state index contributed by atoms with van der Waals surface area (Å²) in [5.74, 6) is 0.155. The molecular formula is C8H16NO2. The van der Waals surface area contributed by atoms with Crippen LogP contribution in [-0.4, -0.2) is 18.6 Å². The van der Waals surface area contributed by atoms with Crippen LogP contribution in [0.5, 0.6) is 0 Å². The molecule has 0 fully saturated rings. The highest BCUT2D eigenvalue weighted by Gasteiger charge is 2.15. The van der Waals surface area contributed by atoms with E-state index >= 15 is 0 Å². The van der Waals surface area contributed by atoms with Crippen molar-refractivity contribution in [2.45, 2.75) is 33.2 Å². The molecule has 0 saturated heterocycles. The molecule has 0 aromatic heterocycles. The quantitative estimate of drug-likeness (QED) is 0.651. The van der Waals surface area contributed by atoms with Crippen LogP contribution in [0, 0.1) is 5.92 Å². The fourth-order valence-corrected chi connectivity index (χ4v) is 0.894. The van der Waals surface area contributed by atoms with Crippen molar-refractivity contribution in [3.8, 4) is 0 Å². The molecule has 3 heteroatoms. The van der Waals surface area contributed by atoms with Crippen molar-refractivity contribution in [1.82, 2.24) is 5.32 Å². The lowest BCUT2D eigenvalue weighted by atomic mass is 10.00. The Balaban J connectivity index is 3.84. The molecule has 1 amide bonds. The maximum absolute atomic E-state index is 10.6. The molecule has 3 nitrogen and oxygen atoms in total. The minimum atomic E-state index is -0.228. The zero-order valence-corrected chi connectivity index (χ0v) is 7.39. The van der Waals surface area contributed by atoms with Crippen molar-refractivity contribution in [1.29, 1.82) is 0 Å². The van der Waals surface area contributed by atoms with E-state index in [1.807, 2.05) is 13.8 Å². The van der Waals surface area contributed by atoms with Crippen molar-refractivity contribution >= 4 is 5.91 Å². The van der Waals surface area contributed by atoms with Gasteiger partial charge in [-0.15, -0.1) is 0 Å². The molecule has 2 unspecified atom stereocenters. The average Bonchev–Trinajstić information content (AvgIpc) is 1.98. The smallest absolute Gasteiger partial charge is 0.217 e. The summed E-state index contributed by atoms with van der Waals surface area (Å²) in [4.78, 5) is 10.6. The molecule has 1 N–H and O–H groups in total. The van der Waals surface area contributed by atoms with Gasteiger partial charge in [-0.05, 0) is 5.92 Å². The molecule has 0 aliphatic heterocycles. The number of amides is 1. The van der Waals surface area contributed by atoms with E-state index in [0.29, 0.717) is 0 Å². The van der Waals surface area contributed by atoms with Crippen molar-refractivity contribution in [3.05, 3.63) is 0 Å². The summed E-state index contributed by atoms with van der Waals surface area (Å²) in [5.41, 5.74) is 0. The Morgan fingerprint density at radius 1 is 1.55 bits per heavy atom. The van der Waals surface area contributed by atoms with Crippen molar-refractivity contribution in [3.63, 3.8) is 0 Å². The first-order valence-corrected chi connectivity index (χ1v) is 3.97. The molecule has 0 aliphatic rings. The van der Waals surface area contributed by atoms with E-state index in [4.69, 9.17) is 0 Å². The molecule has 11 heavy (non-hydrogen) atoms. The number of rotatable bonds is 4. The van der Waals surface area contributed by atoms with Gasteiger partial charge in [-0.2, -0.15) is 0 Å². The lowest BCUT2D eigenvalue weighted by Crippen LogP contribution is -2.40. The fraction of sp³-hybridized carbons (Fsp3) is 0.875. The maximum atomic E-state index is 10.6. The van der Waals surface area contributed by atoms with Crippen LogP contribution in [0.4, 0.5) is 0 Å². The number of hydrogen-bond donors (Lipinski definition) is 1. The van der Waals surface area contributed by atoms with Gasteiger partial charge in [-0.1, -0.05) is 20.3 Å². The molecule has 0 rings (SSSR count). The van der Waals surface area contributed by atoms with E-state index in [1.54, 1.807) is 0 Å². The summed E-state index contributed by atoms with van der Waals surface area (Å²) in [6.45, 7) is 5.19. The predicted molar refractivity (Wildman–Crippen MR) is 42.6 cm³/mol. The summed E-state index contributed by atoms with van der Waals surface area (Å²) in [6, 6.07) is -0.197. The molecule has 0 aromatic rings. The Kier molecular flexibility index (Phi) is 4.86. The first-order chi connectivity index (χ1) is 5.11. The Morgan fingerprint density at radius 2 is 2.09 bits per heavy atom. The van der Waals surface area contributed by atoms with Crippen molar-refractivity contribution in [2.24, 2.45) is 5.92 Å². The van der Waals surface area contributed by atoms with Gasteiger partial charge in [-0.25, -0.2) is 5.11 Å². The average molecular weight is 158 g/mol. The zero-order valence-electron chi connectivity index (χ0n) is 7.39. The Bertz CT molecular complexity index is 125. The number of carbonyl (C=O) groups is 1. The molecule has 2 atom stereocenters. The highest BCUT2D eigenvalue weighted by molar-refractivity contribution is 5.73. The van der Waals surface area contributed by atoms with Gasteiger partial charge in [0, 0.05) is 6.92 Å². The van der Waals surface area contributed by atoms with Crippen molar-refractivity contribution < 1.29 is 9.90 Å². The van der Waals surface area contributed by atoms with Gasteiger partial charge in [0.2, 0.25) is 5.91 Å². The van der Waals surface area contributed by atoms with E-state index in [9.17, 15) is 9.90 Å². The van der Waals surface area contributed by atoms with Crippen LogP contribution < -0.4 is 5.32 Å². The Morgan fingerprint density at radius 3 is 2.36 bits per heavy atom. The van der Waals surface area contributed by atoms with Gasteiger partial charge in [-0.3, -0.25) is 4.79 Å². The predicted octanol–water partition coefficient (Wildman–Crippen LogP) is 0.968. The molecule has 0 aliphatic carbocycles. The normalized spacial score (nSPS) is 15.6. The summed E-state index contributed by atoms with van der Waals surface area (Å²) < 4.78 is 0. The molecular weight excluding hydrogens is 142 g/mol. The van der Waals surface area contributed by atoms with Crippen LogP contribution in [0.25, 0.3) is 0 Å². The van der Waals surface area contributed by atoms with Crippen molar-refractivity contribution in [2.75, 3.05) is 6.61 Å². The molecule has 0 saturated carbocycles. The second-order valence-electron chi connectivity index (χ2n) is 2.86. The third-order valence-corrected chi connectivity index (χ3v) is 1.90. The molecule has 0 heterocycles. The summed E-state index contributed by atoms with van der Waals surface area (Å²) in [6.07, 6.45) is 0.924. The van der Waals surface area contributed by atoms with Crippen LogP contribution >= 0.6 is 0 Å². The van der Waals surface area contributed by atoms with E-state index in [2.05, 4.69) is 5.32 Å². The topological polar surface area (TPSA) is 49.0 Å². The first kappa shape index (κ1) is 10.4. The number of nitrogens with one attached hydrogen (secondary N) is 1. The van der Waals surface area contributed by atoms with E-state index < -0.39 is 0 Å². The highest BCUT2D eigenvalue weighted by Crippen LogP contribution is 2.06. The zero-order chi connectivity index (χ0) is 8.85. The standard InChI is InChI=1S/C8H16NO2/c1-4-6(2)8(5-10)9-7(3)11/h6,8H,4-5H2,1-3H3,(H,9,11). The summed E-state index contributed by atoms with van der Waals surface area (Å²) in [5, 5.41) is 13.2. The molecule has 0 spiro atoms. The molecule has 0 bridgehead atoms. The third-order valence-electron chi connectivity index (χ3n) is 1.90. The largest absolute Gasteiger partial charge is 0.351 e. The third kappa shape index (κ3) is 3.98. The van der Waals surface area contributed by atoms with E-state index in [-0.39, 0.29) is 24.5 Å². The van der Waals surface area contributed by atoms with Crippen LogP contribution in [0.3, 0.4) is 0 Å². The van der Waals surface area contributed by atoms with Gasteiger partial charge < -0.3 is 5.32 Å². The fourth-order valence-electron chi connectivity index (χ4n) is 0.894. The van der Waals surface area contributed by atoms with E-state index in [0.717, 1.165) is 6.42 Å².